The van der Waals surface area contributed by atoms with Crippen LogP contribution in [0.1, 0.15) is 36.2 Å². The van der Waals surface area contributed by atoms with Crippen molar-refractivity contribution >= 4 is 0 Å². The van der Waals surface area contributed by atoms with Crippen molar-refractivity contribution in [3.05, 3.63) is 17.0 Å². The monoisotopic (exact) mass is 221 g/mol. The van der Waals surface area contributed by atoms with E-state index >= 15 is 0 Å². The molecule has 0 radical (unpaired) electrons. The summed E-state index contributed by atoms with van der Waals surface area (Å²) in [7, 11) is 1.60. The standard InChI is InChI=1S/C12H19N3O/c1-8-9(2)14-11(16-3)15-10(8)4-5-12(13)6-7-12/h4-7,13H2,1-3H3. The first-order chi connectivity index (χ1) is 7.54. The molecule has 2 rings (SSSR count). The number of aromatic nitrogens is 2. The van der Waals surface area contributed by atoms with E-state index in [1.807, 2.05) is 6.92 Å². The lowest BCUT2D eigenvalue weighted by Gasteiger charge is -2.11. The van der Waals surface area contributed by atoms with Gasteiger partial charge >= 0.3 is 6.01 Å². The van der Waals surface area contributed by atoms with Gasteiger partial charge in [-0.3, -0.25) is 0 Å². The zero-order valence-corrected chi connectivity index (χ0v) is 10.2. The Bertz CT molecular complexity index is 399. The van der Waals surface area contributed by atoms with Crippen LogP contribution in [0, 0.1) is 13.8 Å². The van der Waals surface area contributed by atoms with Crippen molar-refractivity contribution in [1.29, 1.82) is 0 Å². The Morgan fingerprint density at radius 3 is 2.56 bits per heavy atom. The molecule has 1 aromatic heterocycles. The van der Waals surface area contributed by atoms with E-state index in [0.29, 0.717) is 6.01 Å². The van der Waals surface area contributed by atoms with Gasteiger partial charge in [0.05, 0.1) is 12.8 Å². The van der Waals surface area contributed by atoms with Crippen molar-refractivity contribution in [2.75, 3.05) is 7.11 Å². The van der Waals surface area contributed by atoms with E-state index in [1.165, 1.54) is 0 Å². The SMILES string of the molecule is COc1nc(C)c(C)c(CCC2(N)CC2)n1. The van der Waals surface area contributed by atoms with Gasteiger partial charge in [-0.25, -0.2) is 4.98 Å². The van der Waals surface area contributed by atoms with E-state index in [4.69, 9.17) is 10.5 Å². The number of nitrogens with two attached hydrogens (primary N) is 1. The molecule has 16 heavy (non-hydrogen) atoms. The molecule has 0 spiro atoms. The molecule has 1 heterocycles. The maximum atomic E-state index is 6.08. The predicted octanol–water partition coefficient (Wildman–Crippen LogP) is 1.53. The van der Waals surface area contributed by atoms with Gasteiger partial charge in [0.1, 0.15) is 0 Å². The van der Waals surface area contributed by atoms with Crippen LogP contribution in [-0.4, -0.2) is 22.6 Å². The van der Waals surface area contributed by atoms with Gasteiger partial charge in [-0.1, -0.05) is 0 Å². The zero-order valence-electron chi connectivity index (χ0n) is 10.2. The molecule has 1 aliphatic carbocycles. The third-order valence-electron chi connectivity index (χ3n) is 3.40. The molecule has 0 amide bonds. The lowest BCUT2D eigenvalue weighted by atomic mass is 10.0. The fourth-order valence-corrected chi connectivity index (χ4v) is 1.77. The van der Waals surface area contributed by atoms with Crippen LogP contribution >= 0.6 is 0 Å². The third-order valence-corrected chi connectivity index (χ3v) is 3.40. The number of hydrogen-bond acceptors (Lipinski definition) is 4. The van der Waals surface area contributed by atoms with E-state index in [0.717, 1.165) is 42.6 Å². The topological polar surface area (TPSA) is 61.0 Å². The molecule has 1 saturated carbocycles. The molecule has 4 heteroatoms. The Morgan fingerprint density at radius 2 is 2.00 bits per heavy atom. The fourth-order valence-electron chi connectivity index (χ4n) is 1.77. The smallest absolute Gasteiger partial charge is 0.316 e. The maximum absolute atomic E-state index is 6.08. The second-order valence-electron chi connectivity index (χ2n) is 4.73. The van der Waals surface area contributed by atoms with E-state index in [2.05, 4.69) is 16.9 Å². The molecule has 0 unspecified atom stereocenters. The number of rotatable bonds is 4. The van der Waals surface area contributed by atoms with E-state index in [9.17, 15) is 0 Å². The second-order valence-corrected chi connectivity index (χ2v) is 4.73. The molecule has 4 nitrogen and oxygen atoms in total. The van der Waals surface area contributed by atoms with Gasteiger partial charge in [-0.05, 0) is 45.1 Å². The van der Waals surface area contributed by atoms with Gasteiger partial charge < -0.3 is 10.5 Å². The molecule has 2 N–H and O–H groups in total. The summed E-state index contributed by atoms with van der Waals surface area (Å²) in [5.41, 5.74) is 9.38. The van der Waals surface area contributed by atoms with Crippen LogP contribution in [-0.2, 0) is 6.42 Å². The molecule has 0 bridgehead atoms. The molecule has 88 valence electrons. The number of methoxy groups -OCH3 is 1. The second kappa shape index (κ2) is 4.01. The van der Waals surface area contributed by atoms with E-state index < -0.39 is 0 Å². The highest BCUT2D eigenvalue weighted by molar-refractivity contribution is 5.25. The number of ether oxygens (including phenoxy) is 1. The van der Waals surface area contributed by atoms with Gasteiger partial charge in [0.15, 0.2) is 0 Å². The Morgan fingerprint density at radius 1 is 1.31 bits per heavy atom. The molecule has 0 atom stereocenters. The summed E-state index contributed by atoms with van der Waals surface area (Å²) in [6, 6.07) is 0.458. The highest BCUT2D eigenvalue weighted by Gasteiger charge is 2.37. The quantitative estimate of drug-likeness (QED) is 0.837. The van der Waals surface area contributed by atoms with Crippen molar-refractivity contribution in [2.45, 2.75) is 45.1 Å². The van der Waals surface area contributed by atoms with Crippen molar-refractivity contribution in [2.24, 2.45) is 5.73 Å². The van der Waals surface area contributed by atoms with Crippen molar-refractivity contribution in [1.82, 2.24) is 9.97 Å². The Hall–Kier alpha value is -1.16. The van der Waals surface area contributed by atoms with Crippen molar-refractivity contribution in [3.8, 4) is 6.01 Å². The van der Waals surface area contributed by atoms with Crippen LogP contribution in [0.25, 0.3) is 0 Å². The Labute approximate surface area is 96.2 Å². The predicted molar refractivity (Wildman–Crippen MR) is 62.5 cm³/mol. The first-order valence-corrected chi connectivity index (χ1v) is 5.71. The molecule has 0 aliphatic heterocycles. The average molecular weight is 221 g/mol. The Balaban J connectivity index is 2.15. The summed E-state index contributed by atoms with van der Waals surface area (Å²) in [6.45, 7) is 4.04. The van der Waals surface area contributed by atoms with Gasteiger partial charge in [0, 0.05) is 11.2 Å². The average Bonchev–Trinajstić information content (AvgIpc) is 2.99. The van der Waals surface area contributed by atoms with Gasteiger partial charge in [-0.2, -0.15) is 4.98 Å². The van der Waals surface area contributed by atoms with Crippen LogP contribution in [0.4, 0.5) is 0 Å². The van der Waals surface area contributed by atoms with E-state index in [-0.39, 0.29) is 5.54 Å². The normalized spacial score (nSPS) is 17.2. The molecule has 1 aromatic rings. The highest BCUT2D eigenvalue weighted by atomic mass is 16.5. The molecular formula is C12H19N3O. The minimum atomic E-state index is 0.0819. The van der Waals surface area contributed by atoms with Crippen molar-refractivity contribution < 1.29 is 4.74 Å². The molecule has 1 aliphatic rings. The summed E-state index contributed by atoms with van der Waals surface area (Å²) < 4.78 is 5.08. The summed E-state index contributed by atoms with van der Waals surface area (Å²) in [5, 5.41) is 0. The van der Waals surface area contributed by atoms with Gasteiger partial charge in [-0.15, -0.1) is 0 Å². The first kappa shape index (κ1) is 11.3. The van der Waals surface area contributed by atoms with Crippen LogP contribution in [0.5, 0.6) is 6.01 Å². The largest absolute Gasteiger partial charge is 0.467 e. The zero-order chi connectivity index (χ0) is 11.8. The van der Waals surface area contributed by atoms with Crippen LogP contribution in [0.2, 0.25) is 0 Å². The van der Waals surface area contributed by atoms with Crippen LogP contribution < -0.4 is 10.5 Å². The Kier molecular flexibility index (Phi) is 2.84. The molecule has 1 fully saturated rings. The van der Waals surface area contributed by atoms with Crippen LogP contribution in [0.3, 0.4) is 0 Å². The van der Waals surface area contributed by atoms with Crippen LogP contribution in [0.15, 0.2) is 0 Å². The molecular weight excluding hydrogens is 202 g/mol. The fraction of sp³-hybridized carbons (Fsp3) is 0.667. The summed E-state index contributed by atoms with van der Waals surface area (Å²) >= 11 is 0. The van der Waals surface area contributed by atoms with Crippen molar-refractivity contribution in [3.63, 3.8) is 0 Å². The number of hydrogen-bond donors (Lipinski definition) is 1. The number of nitrogens with zero attached hydrogens (tertiary/aromatic N) is 2. The lowest BCUT2D eigenvalue weighted by Crippen LogP contribution is -2.22. The number of aryl methyl sites for hydroxylation is 2. The first-order valence-electron chi connectivity index (χ1n) is 5.71. The summed E-state index contributed by atoms with van der Waals surface area (Å²) in [4.78, 5) is 8.64. The maximum Gasteiger partial charge on any atom is 0.316 e. The minimum absolute atomic E-state index is 0.0819. The highest BCUT2D eigenvalue weighted by Crippen LogP contribution is 2.36. The van der Waals surface area contributed by atoms with Gasteiger partial charge in [0.2, 0.25) is 0 Å². The minimum Gasteiger partial charge on any atom is -0.467 e. The molecule has 0 saturated heterocycles. The third kappa shape index (κ3) is 2.32. The van der Waals surface area contributed by atoms with E-state index in [1.54, 1.807) is 7.11 Å². The molecule has 0 aromatic carbocycles. The lowest BCUT2D eigenvalue weighted by molar-refractivity contribution is 0.375. The van der Waals surface area contributed by atoms with Gasteiger partial charge in [0.25, 0.3) is 0 Å². The summed E-state index contributed by atoms with van der Waals surface area (Å²) in [5.74, 6) is 0. The summed E-state index contributed by atoms with van der Waals surface area (Å²) in [6.07, 6.45) is 4.22.